The average Bonchev–Trinajstić information content (AvgIpc) is 3.18. The van der Waals surface area contributed by atoms with Gasteiger partial charge in [0.25, 0.3) is 0 Å². The highest BCUT2D eigenvalue weighted by Gasteiger charge is 2.47. The maximum Gasteiger partial charge on any atom is 0.416 e. The molecule has 5 atom stereocenters. The monoisotopic (exact) mass is 799 g/mol. The number of benzene rings is 2. The lowest BCUT2D eigenvalue weighted by atomic mass is 9.74. The zero-order chi connectivity index (χ0) is 42.1. The summed E-state index contributed by atoms with van der Waals surface area (Å²) in [4.78, 5) is 69.2. The Bertz CT molecular complexity index is 1810. The molecule has 0 spiro atoms. The summed E-state index contributed by atoms with van der Waals surface area (Å²) < 4.78 is 56.8. The van der Waals surface area contributed by atoms with Gasteiger partial charge in [0.2, 0.25) is 30.0 Å². The zero-order valence-electron chi connectivity index (χ0n) is 33.8. The molecule has 0 bridgehead atoms. The normalized spacial score (nSPS) is 19.9. The van der Waals surface area contributed by atoms with E-state index >= 15 is 0 Å². The average molecular weight is 800 g/mol. The van der Waals surface area contributed by atoms with Crippen LogP contribution in [0.2, 0.25) is 0 Å². The molecule has 312 valence electrons. The SMILES string of the molecule is CCC(C)[C@H](NC(=O)Cc1ccccc1F)C(=O)N[C@]1(C(=O)N[C@H](C(=O)NCC2CCN(C=O)CC2)C(C)CC)CCC(C)=C(c2cccc(C(F)(F)F)c2C)C1. The van der Waals surface area contributed by atoms with E-state index in [1.165, 1.54) is 31.2 Å². The van der Waals surface area contributed by atoms with Crippen LogP contribution >= 0.6 is 0 Å². The second-order valence-corrected chi connectivity index (χ2v) is 15.8. The van der Waals surface area contributed by atoms with E-state index in [2.05, 4.69) is 21.3 Å². The van der Waals surface area contributed by atoms with Crippen LogP contribution in [0.25, 0.3) is 5.57 Å². The summed E-state index contributed by atoms with van der Waals surface area (Å²) in [6.07, 6.45) is -1.62. The number of alkyl halides is 3. The van der Waals surface area contributed by atoms with Gasteiger partial charge in [0.05, 0.1) is 12.0 Å². The molecular formula is C43H57F4N5O5. The van der Waals surface area contributed by atoms with Crippen molar-refractivity contribution in [3.8, 4) is 0 Å². The maximum absolute atomic E-state index is 14.8. The van der Waals surface area contributed by atoms with E-state index in [1.54, 1.807) is 30.9 Å². The second kappa shape index (κ2) is 19.6. The van der Waals surface area contributed by atoms with Gasteiger partial charge in [0.1, 0.15) is 23.4 Å². The minimum absolute atomic E-state index is 0.0180. The molecule has 10 nitrogen and oxygen atoms in total. The number of halogens is 4. The number of hydrogen-bond donors (Lipinski definition) is 4. The molecule has 0 saturated carbocycles. The lowest BCUT2D eigenvalue weighted by Gasteiger charge is -2.41. The minimum Gasteiger partial charge on any atom is -0.354 e. The smallest absolute Gasteiger partial charge is 0.354 e. The van der Waals surface area contributed by atoms with E-state index in [-0.39, 0.29) is 48.6 Å². The Labute approximate surface area is 333 Å². The van der Waals surface area contributed by atoms with E-state index in [1.807, 2.05) is 20.8 Å². The highest BCUT2D eigenvalue weighted by atomic mass is 19.4. The molecule has 0 radical (unpaired) electrons. The third-order valence-corrected chi connectivity index (χ3v) is 11.9. The van der Waals surface area contributed by atoms with Gasteiger partial charge in [-0.3, -0.25) is 24.0 Å². The molecule has 1 saturated heterocycles. The summed E-state index contributed by atoms with van der Waals surface area (Å²) in [5, 5.41) is 11.6. The Morgan fingerprint density at radius 2 is 1.54 bits per heavy atom. The van der Waals surface area contributed by atoms with Gasteiger partial charge in [-0.1, -0.05) is 76.4 Å². The number of allylic oxidation sites excluding steroid dienone is 1. The lowest BCUT2D eigenvalue weighted by molar-refractivity contribution is -0.139. The minimum atomic E-state index is -4.63. The van der Waals surface area contributed by atoms with Crippen LogP contribution in [0, 0.1) is 30.5 Å². The quantitative estimate of drug-likeness (QED) is 0.118. The number of nitrogens with one attached hydrogen (secondary N) is 4. The van der Waals surface area contributed by atoms with Gasteiger partial charge >= 0.3 is 6.18 Å². The maximum atomic E-state index is 14.8. The molecule has 0 aromatic heterocycles. The molecule has 1 fully saturated rings. The molecule has 1 aliphatic heterocycles. The standard InChI is InChI=1S/C43H57F4N5O5/c1-7-26(3)37(39(55)48-24-30-17-20-52(25-53)21-18-30)50-41(57)42(19-16-28(5)33(23-42)32-13-11-14-34(29(32)6)43(45,46)47)51-40(56)38(27(4)8-2)49-36(54)22-31-12-9-10-15-35(31)44/h9-15,25-27,30,37-38H,7-8,16-24H2,1-6H3,(H,48,55)(H,49,54)(H,50,57)(H,51,56)/t26?,27?,37-,38-,42+/m0/s1. The van der Waals surface area contributed by atoms with Gasteiger partial charge in [0.15, 0.2) is 0 Å². The number of piperidine rings is 1. The Morgan fingerprint density at radius 1 is 0.912 bits per heavy atom. The Hall–Kier alpha value is -4.75. The van der Waals surface area contributed by atoms with Crippen molar-refractivity contribution in [1.82, 2.24) is 26.2 Å². The first-order chi connectivity index (χ1) is 26.9. The third kappa shape index (κ3) is 11.2. The highest BCUT2D eigenvalue weighted by Crippen LogP contribution is 2.42. The van der Waals surface area contributed by atoms with Crippen molar-refractivity contribution >= 4 is 35.6 Å². The molecular weight excluding hydrogens is 742 g/mol. The molecule has 2 unspecified atom stereocenters. The predicted octanol–water partition coefficient (Wildman–Crippen LogP) is 6.25. The molecule has 14 heteroatoms. The van der Waals surface area contributed by atoms with Crippen LogP contribution in [-0.4, -0.2) is 72.2 Å². The lowest BCUT2D eigenvalue weighted by Crippen LogP contribution is -2.66. The molecule has 2 aliphatic rings. The molecule has 4 N–H and O–H groups in total. The van der Waals surface area contributed by atoms with Crippen LogP contribution in [0.1, 0.15) is 102 Å². The topological polar surface area (TPSA) is 137 Å². The van der Waals surface area contributed by atoms with Crippen molar-refractivity contribution in [2.24, 2.45) is 17.8 Å². The fraction of sp³-hybridized carbons (Fsp3) is 0.558. The number of amides is 5. The van der Waals surface area contributed by atoms with E-state index in [0.29, 0.717) is 56.5 Å². The van der Waals surface area contributed by atoms with E-state index < -0.39 is 64.7 Å². The predicted molar refractivity (Wildman–Crippen MR) is 210 cm³/mol. The van der Waals surface area contributed by atoms with Gasteiger partial charge in [-0.05, 0) is 91.7 Å². The third-order valence-electron chi connectivity index (χ3n) is 11.9. The van der Waals surface area contributed by atoms with Crippen molar-refractivity contribution in [1.29, 1.82) is 0 Å². The number of nitrogens with zero attached hydrogens (tertiary/aromatic N) is 1. The number of carbonyl (C=O) groups is 5. The molecule has 4 rings (SSSR count). The summed E-state index contributed by atoms with van der Waals surface area (Å²) >= 11 is 0. The van der Waals surface area contributed by atoms with Crippen molar-refractivity contribution in [2.45, 2.75) is 117 Å². The molecule has 2 aromatic carbocycles. The second-order valence-electron chi connectivity index (χ2n) is 15.8. The number of rotatable bonds is 16. The zero-order valence-corrected chi connectivity index (χ0v) is 33.8. The molecule has 2 aromatic rings. The number of carbonyl (C=O) groups excluding carboxylic acids is 5. The number of likely N-dealkylation sites (tertiary alicyclic amines) is 1. The van der Waals surface area contributed by atoms with Gasteiger partial charge < -0.3 is 26.2 Å². The van der Waals surface area contributed by atoms with Gasteiger partial charge in [-0.2, -0.15) is 13.2 Å². The van der Waals surface area contributed by atoms with Crippen LogP contribution in [-0.2, 0) is 36.6 Å². The van der Waals surface area contributed by atoms with Crippen molar-refractivity contribution in [2.75, 3.05) is 19.6 Å². The highest BCUT2D eigenvalue weighted by molar-refractivity contribution is 5.99. The summed E-state index contributed by atoms with van der Waals surface area (Å²) in [5.74, 6) is -3.58. The van der Waals surface area contributed by atoms with Crippen LogP contribution < -0.4 is 21.3 Å². The van der Waals surface area contributed by atoms with Crippen LogP contribution in [0.5, 0.6) is 0 Å². The Kier molecular flexibility index (Phi) is 15.5. The van der Waals surface area contributed by atoms with E-state index in [4.69, 9.17) is 0 Å². The summed E-state index contributed by atoms with van der Waals surface area (Å²) in [6, 6.07) is 7.53. The summed E-state index contributed by atoms with van der Waals surface area (Å²) in [6.45, 7) is 12.0. The van der Waals surface area contributed by atoms with E-state index in [0.717, 1.165) is 18.0 Å². The van der Waals surface area contributed by atoms with Crippen molar-refractivity contribution in [3.63, 3.8) is 0 Å². The number of hydrogen-bond acceptors (Lipinski definition) is 5. The largest absolute Gasteiger partial charge is 0.416 e. The van der Waals surface area contributed by atoms with Crippen LogP contribution in [0.3, 0.4) is 0 Å². The van der Waals surface area contributed by atoms with Gasteiger partial charge in [-0.25, -0.2) is 4.39 Å². The molecule has 57 heavy (non-hydrogen) atoms. The Balaban J connectivity index is 1.69. The first-order valence-electron chi connectivity index (χ1n) is 19.9. The summed E-state index contributed by atoms with van der Waals surface area (Å²) in [5.41, 5.74) is -0.910. The fourth-order valence-electron chi connectivity index (χ4n) is 7.70. The van der Waals surface area contributed by atoms with Crippen LogP contribution in [0.4, 0.5) is 17.6 Å². The fourth-order valence-corrected chi connectivity index (χ4v) is 7.70. The molecule has 5 amide bonds. The van der Waals surface area contributed by atoms with Gasteiger partial charge in [0, 0.05) is 26.1 Å². The first kappa shape index (κ1) is 45.0. The van der Waals surface area contributed by atoms with E-state index in [9.17, 15) is 41.5 Å². The first-order valence-corrected chi connectivity index (χ1v) is 19.9. The summed E-state index contributed by atoms with van der Waals surface area (Å²) in [7, 11) is 0. The Morgan fingerprint density at radius 3 is 2.14 bits per heavy atom. The van der Waals surface area contributed by atoms with Crippen LogP contribution in [0.15, 0.2) is 48.0 Å². The molecule has 1 heterocycles. The van der Waals surface area contributed by atoms with Crippen molar-refractivity contribution < 1.29 is 41.5 Å². The molecule has 1 aliphatic carbocycles. The van der Waals surface area contributed by atoms with Gasteiger partial charge in [-0.15, -0.1) is 0 Å². The van der Waals surface area contributed by atoms with Crippen molar-refractivity contribution in [3.05, 3.63) is 76.1 Å².